The molecule has 3 aromatic carbocycles. The molecule has 0 N–H and O–H groups in total. The van der Waals surface area contributed by atoms with Gasteiger partial charge in [-0.25, -0.2) is 4.79 Å². The maximum absolute atomic E-state index is 12.9. The van der Waals surface area contributed by atoms with E-state index in [0.29, 0.717) is 23.7 Å². The largest absolute Gasteiger partial charge is 0.492 e. The summed E-state index contributed by atoms with van der Waals surface area (Å²) in [5.74, 6) is 0.643. The van der Waals surface area contributed by atoms with Crippen molar-refractivity contribution in [2.75, 3.05) is 6.61 Å². The molecule has 0 saturated carbocycles. The van der Waals surface area contributed by atoms with Gasteiger partial charge in [-0.15, -0.1) is 0 Å². The molecule has 144 valence electrons. The van der Waals surface area contributed by atoms with Crippen LogP contribution in [0.1, 0.15) is 27.0 Å². The molecule has 0 fully saturated rings. The van der Waals surface area contributed by atoms with Crippen molar-refractivity contribution < 1.29 is 14.3 Å². The minimum Gasteiger partial charge on any atom is -0.492 e. The third-order valence-corrected chi connectivity index (χ3v) is 5.22. The van der Waals surface area contributed by atoms with Gasteiger partial charge in [0.2, 0.25) is 0 Å². The van der Waals surface area contributed by atoms with Crippen molar-refractivity contribution in [3.63, 3.8) is 0 Å². The van der Waals surface area contributed by atoms with E-state index in [1.165, 1.54) is 5.56 Å². The van der Waals surface area contributed by atoms with Gasteiger partial charge in [-0.3, -0.25) is 0 Å². The van der Waals surface area contributed by atoms with Crippen LogP contribution in [0.3, 0.4) is 0 Å². The highest BCUT2D eigenvalue weighted by Crippen LogP contribution is 2.30. The minimum absolute atomic E-state index is 0.393. The van der Waals surface area contributed by atoms with Gasteiger partial charge >= 0.3 is 5.97 Å². The molecule has 0 unspecified atom stereocenters. The lowest BCUT2D eigenvalue weighted by Gasteiger charge is -2.14. The Labute approximate surface area is 181 Å². The second kappa shape index (κ2) is 9.39. The van der Waals surface area contributed by atoms with E-state index >= 15 is 0 Å². The van der Waals surface area contributed by atoms with Gasteiger partial charge in [-0.05, 0) is 60.9 Å². The molecule has 5 heteroatoms. The number of rotatable bonds is 6. The molecule has 0 aromatic heterocycles. The molecule has 0 saturated heterocycles. The molecule has 3 rings (SSSR count). The smallest absolute Gasteiger partial charge is 0.347 e. The lowest BCUT2D eigenvalue weighted by molar-refractivity contribution is 0.0727. The van der Waals surface area contributed by atoms with Crippen LogP contribution < -0.4 is 9.47 Å². The number of aryl methyl sites for hydroxylation is 2. The van der Waals surface area contributed by atoms with Crippen LogP contribution in [0.15, 0.2) is 69.6 Å². The predicted octanol–water partition coefficient (Wildman–Crippen LogP) is 6.67. The number of hydrogen-bond acceptors (Lipinski definition) is 3. The maximum atomic E-state index is 12.9. The highest BCUT2D eigenvalue weighted by molar-refractivity contribution is 9.10. The van der Waals surface area contributed by atoms with E-state index in [1.807, 2.05) is 50.2 Å². The Hall–Kier alpha value is -2.11. The van der Waals surface area contributed by atoms with Crippen molar-refractivity contribution in [3.8, 4) is 11.5 Å². The Kier molecular flexibility index (Phi) is 6.92. The molecular weight excluding hydrogens is 484 g/mol. The number of ether oxygens (including phenoxy) is 2. The van der Waals surface area contributed by atoms with Gasteiger partial charge in [0.1, 0.15) is 17.1 Å². The lowest BCUT2D eigenvalue weighted by atomic mass is 10.1. The van der Waals surface area contributed by atoms with Gasteiger partial charge in [0.05, 0.1) is 6.61 Å². The number of halogens is 2. The zero-order chi connectivity index (χ0) is 20.1. The molecule has 0 bridgehead atoms. The van der Waals surface area contributed by atoms with E-state index in [1.54, 1.807) is 12.1 Å². The normalized spacial score (nSPS) is 10.6. The first-order chi connectivity index (χ1) is 13.4. The van der Waals surface area contributed by atoms with Crippen molar-refractivity contribution >= 4 is 37.8 Å². The van der Waals surface area contributed by atoms with Gasteiger partial charge in [-0.1, -0.05) is 62.2 Å². The monoisotopic (exact) mass is 502 g/mol. The van der Waals surface area contributed by atoms with Gasteiger partial charge in [0, 0.05) is 15.4 Å². The van der Waals surface area contributed by atoms with E-state index in [9.17, 15) is 4.79 Å². The molecule has 0 atom stereocenters. The van der Waals surface area contributed by atoms with E-state index in [-0.39, 0.29) is 0 Å². The molecule has 0 amide bonds. The average molecular weight is 504 g/mol. The van der Waals surface area contributed by atoms with Crippen LogP contribution in [0.5, 0.6) is 11.5 Å². The van der Waals surface area contributed by atoms with Crippen LogP contribution in [0, 0.1) is 13.8 Å². The summed E-state index contributed by atoms with van der Waals surface area (Å²) in [6.07, 6.45) is 0.760. The summed E-state index contributed by atoms with van der Waals surface area (Å²) in [6, 6.07) is 19.3. The fraction of sp³-hybridized carbons (Fsp3) is 0.174. The Balaban J connectivity index is 1.77. The number of esters is 1. The van der Waals surface area contributed by atoms with Crippen molar-refractivity contribution in [3.05, 3.63) is 91.9 Å². The third kappa shape index (κ3) is 5.24. The fourth-order valence-electron chi connectivity index (χ4n) is 2.92. The topological polar surface area (TPSA) is 35.5 Å². The third-order valence-electron chi connectivity index (χ3n) is 4.27. The summed E-state index contributed by atoms with van der Waals surface area (Å²) in [6.45, 7) is 4.30. The van der Waals surface area contributed by atoms with Crippen molar-refractivity contribution in [1.29, 1.82) is 0 Å². The molecule has 0 aliphatic carbocycles. The molecule has 0 aliphatic rings. The van der Waals surface area contributed by atoms with Crippen molar-refractivity contribution in [2.45, 2.75) is 20.3 Å². The molecule has 0 heterocycles. The lowest BCUT2D eigenvalue weighted by Crippen LogP contribution is -2.13. The Morgan fingerprint density at radius 1 is 0.893 bits per heavy atom. The molecule has 28 heavy (non-hydrogen) atoms. The van der Waals surface area contributed by atoms with E-state index in [0.717, 1.165) is 26.5 Å². The Morgan fingerprint density at radius 3 is 2.25 bits per heavy atom. The predicted molar refractivity (Wildman–Crippen MR) is 118 cm³/mol. The average Bonchev–Trinajstić information content (AvgIpc) is 2.66. The zero-order valence-corrected chi connectivity index (χ0v) is 18.8. The van der Waals surface area contributed by atoms with Gasteiger partial charge in [-0.2, -0.15) is 0 Å². The first kappa shape index (κ1) is 20.6. The molecule has 0 spiro atoms. The maximum Gasteiger partial charge on any atom is 0.347 e. The Morgan fingerprint density at radius 2 is 1.57 bits per heavy atom. The molecular formula is C23H20Br2O3. The summed E-state index contributed by atoms with van der Waals surface area (Å²) in [5.41, 5.74) is 3.36. The SMILES string of the molecule is Cc1cc(Br)cc(C)c1OC(=O)c1cc(Br)ccc1OCCc1ccccc1. The van der Waals surface area contributed by atoms with Crippen LogP contribution in [0.2, 0.25) is 0 Å². The fourth-order valence-corrected chi connectivity index (χ4v) is 3.97. The summed E-state index contributed by atoms with van der Waals surface area (Å²) < 4.78 is 13.4. The summed E-state index contributed by atoms with van der Waals surface area (Å²) >= 11 is 6.88. The molecule has 0 aliphatic heterocycles. The Bertz CT molecular complexity index is 961. The van der Waals surface area contributed by atoms with Crippen molar-refractivity contribution in [2.24, 2.45) is 0 Å². The minimum atomic E-state index is -0.440. The summed E-state index contributed by atoms with van der Waals surface area (Å²) in [4.78, 5) is 12.9. The number of hydrogen-bond donors (Lipinski definition) is 0. The van der Waals surface area contributed by atoms with Gasteiger partial charge < -0.3 is 9.47 Å². The van der Waals surface area contributed by atoms with E-state index in [2.05, 4.69) is 44.0 Å². The molecule has 3 aromatic rings. The van der Waals surface area contributed by atoms with Gasteiger partial charge in [0.15, 0.2) is 0 Å². The quantitative estimate of drug-likeness (QED) is 0.278. The molecule has 3 nitrogen and oxygen atoms in total. The first-order valence-electron chi connectivity index (χ1n) is 8.89. The summed E-state index contributed by atoms with van der Waals surface area (Å²) in [5, 5.41) is 0. The highest BCUT2D eigenvalue weighted by atomic mass is 79.9. The van der Waals surface area contributed by atoms with Crippen LogP contribution in [0.25, 0.3) is 0 Å². The van der Waals surface area contributed by atoms with Crippen LogP contribution in [-0.2, 0) is 6.42 Å². The first-order valence-corrected chi connectivity index (χ1v) is 10.5. The summed E-state index contributed by atoms with van der Waals surface area (Å²) in [7, 11) is 0. The zero-order valence-electron chi connectivity index (χ0n) is 15.7. The standard InChI is InChI=1S/C23H20Br2O3/c1-15-12-19(25)13-16(2)22(15)28-23(26)20-14-18(24)8-9-21(20)27-11-10-17-6-4-3-5-7-17/h3-9,12-14H,10-11H2,1-2H3. The molecule has 0 radical (unpaired) electrons. The van der Waals surface area contributed by atoms with E-state index in [4.69, 9.17) is 9.47 Å². The highest BCUT2D eigenvalue weighted by Gasteiger charge is 2.18. The van der Waals surface area contributed by atoms with Gasteiger partial charge in [0.25, 0.3) is 0 Å². The van der Waals surface area contributed by atoms with Crippen LogP contribution in [-0.4, -0.2) is 12.6 Å². The second-order valence-electron chi connectivity index (χ2n) is 6.48. The van der Waals surface area contributed by atoms with Crippen LogP contribution >= 0.6 is 31.9 Å². The number of carbonyl (C=O) groups excluding carboxylic acids is 1. The number of carbonyl (C=O) groups is 1. The number of benzene rings is 3. The van der Waals surface area contributed by atoms with Crippen molar-refractivity contribution in [1.82, 2.24) is 0 Å². The second-order valence-corrected chi connectivity index (χ2v) is 8.31. The van der Waals surface area contributed by atoms with Crippen LogP contribution in [0.4, 0.5) is 0 Å². The van der Waals surface area contributed by atoms with E-state index < -0.39 is 5.97 Å².